The summed E-state index contributed by atoms with van der Waals surface area (Å²) in [5, 5.41) is 2.94. The van der Waals surface area contributed by atoms with Crippen LogP contribution in [-0.2, 0) is 17.9 Å². The predicted molar refractivity (Wildman–Crippen MR) is 82.9 cm³/mol. The van der Waals surface area contributed by atoms with Gasteiger partial charge in [-0.3, -0.25) is 4.79 Å². The molecular formula is C15H17BrN2O2. The van der Waals surface area contributed by atoms with Gasteiger partial charge in [0.1, 0.15) is 5.69 Å². The molecule has 0 atom stereocenters. The summed E-state index contributed by atoms with van der Waals surface area (Å²) in [5.74, 6) is -0.124. The first-order valence-corrected chi connectivity index (χ1v) is 7.19. The van der Waals surface area contributed by atoms with Crippen LogP contribution in [0.5, 0.6) is 0 Å². The number of anilines is 1. The van der Waals surface area contributed by atoms with Gasteiger partial charge in [-0.05, 0) is 35.0 Å². The SMILES string of the molecule is CCn1cc(Br)cc1C(=O)Nc1ccccc1COC. The van der Waals surface area contributed by atoms with Crippen molar-refractivity contribution in [3.63, 3.8) is 0 Å². The van der Waals surface area contributed by atoms with Crippen molar-refractivity contribution in [3.05, 3.63) is 52.3 Å². The Kier molecular flexibility index (Phi) is 4.98. The number of ether oxygens (including phenoxy) is 1. The van der Waals surface area contributed by atoms with Gasteiger partial charge in [0.2, 0.25) is 0 Å². The Morgan fingerprint density at radius 3 is 2.85 bits per heavy atom. The summed E-state index contributed by atoms with van der Waals surface area (Å²) in [6, 6.07) is 9.45. The number of hydrogen-bond acceptors (Lipinski definition) is 2. The second-order valence-corrected chi connectivity index (χ2v) is 5.29. The van der Waals surface area contributed by atoms with E-state index in [2.05, 4.69) is 21.2 Å². The quantitative estimate of drug-likeness (QED) is 0.905. The van der Waals surface area contributed by atoms with Crippen molar-refractivity contribution < 1.29 is 9.53 Å². The maximum absolute atomic E-state index is 12.4. The summed E-state index contributed by atoms with van der Waals surface area (Å²) in [7, 11) is 1.64. The van der Waals surface area contributed by atoms with Crippen molar-refractivity contribution in [1.29, 1.82) is 0 Å². The van der Waals surface area contributed by atoms with E-state index in [0.29, 0.717) is 12.3 Å². The number of carbonyl (C=O) groups excluding carboxylic acids is 1. The van der Waals surface area contributed by atoms with Crippen LogP contribution in [-0.4, -0.2) is 17.6 Å². The number of benzene rings is 1. The van der Waals surface area contributed by atoms with Gasteiger partial charge >= 0.3 is 0 Å². The second kappa shape index (κ2) is 6.72. The molecule has 0 bridgehead atoms. The van der Waals surface area contributed by atoms with E-state index in [1.54, 1.807) is 7.11 Å². The minimum atomic E-state index is -0.124. The number of halogens is 1. The Labute approximate surface area is 126 Å². The van der Waals surface area contributed by atoms with Crippen LogP contribution in [0.2, 0.25) is 0 Å². The molecule has 4 nitrogen and oxygen atoms in total. The number of rotatable bonds is 5. The first-order chi connectivity index (χ1) is 9.65. The van der Waals surface area contributed by atoms with Gasteiger partial charge in [-0.15, -0.1) is 0 Å². The summed E-state index contributed by atoms with van der Waals surface area (Å²) in [6.07, 6.45) is 1.90. The third kappa shape index (κ3) is 3.29. The molecule has 20 heavy (non-hydrogen) atoms. The van der Waals surface area contributed by atoms with Crippen LogP contribution < -0.4 is 5.32 Å². The van der Waals surface area contributed by atoms with E-state index in [9.17, 15) is 4.79 Å². The van der Waals surface area contributed by atoms with E-state index in [0.717, 1.165) is 22.3 Å². The molecule has 0 aliphatic heterocycles. The molecule has 0 aliphatic carbocycles. The maximum atomic E-state index is 12.4. The van der Waals surface area contributed by atoms with Gasteiger partial charge < -0.3 is 14.6 Å². The van der Waals surface area contributed by atoms with E-state index in [1.165, 1.54) is 0 Å². The Morgan fingerprint density at radius 1 is 1.40 bits per heavy atom. The highest BCUT2D eigenvalue weighted by atomic mass is 79.9. The van der Waals surface area contributed by atoms with Gasteiger partial charge in [-0.1, -0.05) is 18.2 Å². The lowest BCUT2D eigenvalue weighted by atomic mass is 10.2. The largest absolute Gasteiger partial charge is 0.380 e. The van der Waals surface area contributed by atoms with Crippen LogP contribution in [0.1, 0.15) is 23.0 Å². The van der Waals surface area contributed by atoms with Crippen molar-refractivity contribution >= 4 is 27.5 Å². The molecule has 0 fully saturated rings. The molecule has 1 N–H and O–H groups in total. The summed E-state index contributed by atoms with van der Waals surface area (Å²) < 4.78 is 7.94. The molecular weight excluding hydrogens is 320 g/mol. The molecule has 0 unspecified atom stereocenters. The first-order valence-electron chi connectivity index (χ1n) is 6.39. The van der Waals surface area contributed by atoms with E-state index in [4.69, 9.17) is 4.74 Å². The third-order valence-corrected chi connectivity index (χ3v) is 3.44. The lowest BCUT2D eigenvalue weighted by molar-refractivity contribution is 0.101. The highest BCUT2D eigenvalue weighted by Gasteiger charge is 2.13. The number of methoxy groups -OCH3 is 1. The fraction of sp³-hybridized carbons (Fsp3) is 0.267. The summed E-state index contributed by atoms with van der Waals surface area (Å²) in [6.45, 7) is 3.21. The highest BCUT2D eigenvalue weighted by Crippen LogP contribution is 2.19. The summed E-state index contributed by atoms with van der Waals surface area (Å²) >= 11 is 3.40. The zero-order chi connectivity index (χ0) is 14.5. The molecule has 106 valence electrons. The molecule has 1 heterocycles. The molecule has 2 rings (SSSR count). The Hall–Kier alpha value is -1.59. The van der Waals surface area contributed by atoms with Gasteiger partial charge in [0, 0.05) is 35.6 Å². The number of carbonyl (C=O) groups is 1. The lowest BCUT2D eigenvalue weighted by Crippen LogP contribution is -2.17. The standard InChI is InChI=1S/C15H17BrN2O2/c1-3-18-9-12(16)8-14(18)15(19)17-13-7-5-4-6-11(13)10-20-2/h4-9H,3,10H2,1-2H3,(H,17,19). The van der Waals surface area contributed by atoms with Gasteiger partial charge in [-0.25, -0.2) is 0 Å². The Bertz CT molecular complexity index is 608. The number of amides is 1. The topological polar surface area (TPSA) is 43.3 Å². The molecule has 1 aromatic carbocycles. The average molecular weight is 337 g/mol. The van der Waals surface area contributed by atoms with Gasteiger partial charge in [0.15, 0.2) is 0 Å². The fourth-order valence-corrected chi connectivity index (χ4v) is 2.50. The van der Waals surface area contributed by atoms with Crippen molar-refractivity contribution in [1.82, 2.24) is 4.57 Å². The normalized spacial score (nSPS) is 10.6. The number of aromatic nitrogens is 1. The molecule has 0 aliphatic rings. The van der Waals surface area contributed by atoms with Crippen LogP contribution >= 0.6 is 15.9 Å². The highest BCUT2D eigenvalue weighted by molar-refractivity contribution is 9.10. The first kappa shape index (κ1) is 14.8. The minimum Gasteiger partial charge on any atom is -0.380 e. The smallest absolute Gasteiger partial charge is 0.272 e. The third-order valence-electron chi connectivity index (χ3n) is 3.00. The zero-order valence-electron chi connectivity index (χ0n) is 11.5. The maximum Gasteiger partial charge on any atom is 0.272 e. The minimum absolute atomic E-state index is 0.124. The van der Waals surface area contributed by atoms with Crippen LogP contribution in [0.3, 0.4) is 0 Å². The van der Waals surface area contributed by atoms with Crippen LogP contribution in [0.15, 0.2) is 41.0 Å². The molecule has 1 aromatic heterocycles. The molecule has 0 saturated carbocycles. The second-order valence-electron chi connectivity index (χ2n) is 4.37. The molecule has 1 amide bonds. The van der Waals surface area contributed by atoms with Crippen molar-refractivity contribution in [2.24, 2.45) is 0 Å². The van der Waals surface area contributed by atoms with Crippen molar-refractivity contribution in [2.75, 3.05) is 12.4 Å². The lowest BCUT2D eigenvalue weighted by Gasteiger charge is -2.11. The number of nitrogens with zero attached hydrogens (tertiary/aromatic N) is 1. The Morgan fingerprint density at radius 2 is 2.15 bits per heavy atom. The zero-order valence-corrected chi connectivity index (χ0v) is 13.1. The van der Waals surface area contributed by atoms with Gasteiger partial charge in [0.25, 0.3) is 5.91 Å². The summed E-state index contributed by atoms with van der Waals surface area (Å²) in [4.78, 5) is 12.4. The van der Waals surface area contributed by atoms with Crippen LogP contribution in [0.25, 0.3) is 0 Å². The molecule has 5 heteroatoms. The predicted octanol–water partition coefficient (Wildman–Crippen LogP) is 3.67. The fourth-order valence-electron chi connectivity index (χ4n) is 2.04. The van der Waals surface area contributed by atoms with Crippen molar-refractivity contribution in [2.45, 2.75) is 20.1 Å². The average Bonchev–Trinajstić information content (AvgIpc) is 2.82. The monoisotopic (exact) mass is 336 g/mol. The molecule has 0 spiro atoms. The van der Waals surface area contributed by atoms with Crippen molar-refractivity contribution in [3.8, 4) is 0 Å². The Balaban J connectivity index is 2.23. The number of para-hydroxylation sites is 1. The van der Waals surface area contributed by atoms with Gasteiger partial charge in [-0.2, -0.15) is 0 Å². The van der Waals surface area contributed by atoms with E-state index >= 15 is 0 Å². The number of hydrogen-bond donors (Lipinski definition) is 1. The molecule has 0 saturated heterocycles. The van der Waals surface area contributed by atoms with E-state index in [1.807, 2.05) is 48.0 Å². The summed E-state index contributed by atoms with van der Waals surface area (Å²) in [5.41, 5.74) is 2.36. The number of nitrogens with one attached hydrogen (secondary N) is 1. The molecule has 0 radical (unpaired) electrons. The van der Waals surface area contributed by atoms with E-state index < -0.39 is 0 Å². The number of aryl methyl sites for hydroxylation is 1. The van der Waals surface area contributed by atoms with E-state index in [-0.39, 0.29) is 5.91 Å². The van der Waals surface area contributed by atoms with Crippen LogP contribution in [0, 0.1) is 0 Å². The van der Waals surface area contributed by atoms with Gasteiger partial charge in [0.05, 0.1) is 6.61 Å². The van der Waals surface area contributed by atoms with Crippen LogP contribution in [0.4, 0.5) is 5.69 Å². The molecule has 2 aromatic rings.